The SMILES string of the molecule is CN(C)C/C=C/C(=O)N1CCN(c2ncnc3cc([Si])c(-c4ccccc4Cl)cc23)CC1. The van der Waals surface area contributed by atoms with Crippen LogP contribution >= 0.6 is 11.6 Å². The molecule has 1 aliphatic rings. The lowest BCUT2D eigenvalue weighted by molar-refractivity contribution is -0.126. The third-order valence-electron chi connectivity index (χ3n) is 5.54. The van der Waals surface area contributed by atoms with E-state index in [4.69, 9.17) is 11.6 Å². The second kappa shape index (κ2) is 9.81. The minimum absolute atomic E-state index is 0.0590. The monoisotopic (exact) mass is 462 g/mol. The fraction of sp³-hybridized carbons (Fsp3) is 0.292. The molecule has 3 radical (unpaired) electrons. The van der Waals surface area contributed by atoms with E-state index in [1.165, 1.54) is 0 Å². The van der Waals surface area contributed by atoms with E-state index >= 15 is 0 Å². The number of likely N-dealkylation sites (N-methyl/N-ethyl adjacent to an activating group) is 1. The van der Waals surface area contributed by atoms with Crippen LogP contribution in [0.3, 0.4) is 0 Å². The van der Waals surface area contributed by atoms with Crippen molar-refractivity contribution in [3.63, 3.8) is 0 Å². The maximum absolute atomic E-state index is 12.5. The Kier molecular flexibility index (Phi) is 6.88. The molecular formula is C24H25ClN5OSi. The number of hydrogen-bond donors (Lipinski definition) is 0. The number of piperazine rings is 1. The highest BCUT2D eigenvalue weighted by atomic mass is 35.5. The van der Waals surface area contributed by atoms with Crippen molar-refractivity contribution in [3.8, 4) is 11.1 Å². The molecule has 0 saturated carbocycles. The molecule has 2 heterocycles. The molecule has 0 atom stereocenters. The van der Waals surface area contributed by atoms with Crippen LogP contribution < -0.4 is 10.1 Å². The summed E-state index contributed by atoms with van der Waals surface area (Å²) in [6, 6.07) is 11.9. The average molecular weight is 463 g/mol. The molecule has 3 aromatic rings. The van der Waals surface area contributed by atoms with Gasteiger partial charge in [-0.2, -0.15) is 0 Å². The highest BCUT2D eigenvalue weighted by molar-refractivity contribution is 6.39. The van der Waals surface area contributed by atoms with Crippen molar-refractivity contribution in [1.29, 1.82) is 0 Å². The van der Waals surface area contributed by atoms with E-state index in [1.54, 1.807) is 12.4 Å². The van der Waals surface area contributed by atoms with E-state index in [-0.39, 0.29) is 5.91 Å². The number of halogens is 1. The van der Waals surface area contributed by atoms with Crippen LogP contribution in [0.1, 0.15) is 0 Å². The molecule has 0 N–H and O–H groups in total. The Balaban J connectivity index is 1.58. The van der Waals surface area contributed by atoms with Gasteiger partial charge in [0, 0.05) is 54.8 Å². The minimum atomic E-state index is 0.0590. The van der Waals surface area contributed by atoms with Crippen LogP contribution in [0.2, 0.25) is 5.02 Å². The van der Waals surface area contributed by atoms with E-state index < -0.39 is 0 Å². The predicted molar refractivity (Wildman–Crippen MR) is 132 cm³/mol. The number of hydrogen-bond acceptors (Lipinski definition) is 5. The van der Waals surface area contributed by atoms with Gasteiger partial charge in [0.2, 0.25) is 5.91 Å². The van der Waals surface area contributed by atoms with Gasteiger partial charge in [0.05, 0.1) is 15.8 Å². The van der Waals surface area contributed by atoms with Crippen LogP contribution in [-0.4, -0.2) is 82.7 Å². The molecule has 1 aliphatic heterocycles. The average Bonchev–Trinajstić information content (AvgIpc) is 2.78. The number of carbonyl (C=O) groups is 1. The van der Waals surface area contributed by atoms with Gasteiger partial charge in [0.1, 0.15) is 12.1 Å². The second-order valence-electron chi connectivity index (χ2n) is 8.07. The summed E-state index contributed by atoms with van der Waals surface area (Å²) < 4.78 is 0. The fourth-order valence-corrected chi connectivity index (χ4v) is 4.43. The molecule has 8 heteroatoms. The Morgan fingerprint density at radius 1 is 1.12 bits per heavy atom. The number of rotatable bonds is 5. The van der Waals surface area contributed by atoms with Crippen molar-refractivity contribution in [2.24, 2.45) is 0 Å². The molecule has 1 amide bonds. The topological polar surface area (TPSA) is 52.6 Å². The van der Waals surface area contributed by atoms with Crippen molar-refractivity contribution < 1.29 is 4.79 Å². The van der Waals surface area contributed by atoms with E-state index in [0.29, 0.717) is 18.1 Å². The fourth-order valence-electron chi connectivity index (χ4n) is 3.85. The highest BCUT2D eigenvalue weighted by Crippen LogP contribution is 2.31. The van der Waals surface area contributed by atoms with Gasteiger partial charge in [-0.3, -0.25) is 4.79 Å². The van der Waals surface area contributed by atoms with Crippen molar-refractivity contribution in [3.05, 3.63) is 59.9 Å². The number of benzene rings is 2. The summed E-state index contributed by atoms with van der Waals surface area (Å²) in [6.07, 6.45) is 5.17. The van der Waals surface area contributed by atoms with Crippen LogP contribution in [0.4, 0.5) is 5.82 Å². The number of nitrogens with zero attached hydrogens (tertiary/aromatic N) is 5. The van der Waals surface area contributed by atoms with Gasteiger partial charge >= 0.3 is 0 Å². The van der Waals surface area contributed by atoms with Crippen LogP contribution in [0, 0.1) is 0 Å². The summed E-state index contributed by atoms with van der Waals surface area (Å²) in [5.41, 5.74) is 2.81. The van der Waals surface area contributed by atoms with Gasteiger partial charge in [0.15, 0.2) is 0 Å². The molecule has 1 fully saturated rings. The number of carbonyl (C=O) groups excluding carboxylic acids is 1. The first kappa shape index (κ1) is 22.5. The normalized spacial score (nSPS) is 14.7. The van der Waals surface area contributed by atoms with Crippen molar-refractivity contribution in [2.75, 3.05) is 51.7 Å². The second-order valence-corrected chi connectivity index (χ2v) is 9.01. The Labute approximate surface area is 196 Å². The molecule has 0 spiro atoms. The zero-order valence-electron chi connectivity index (χ0n) is 18.3. The third-order valence-corrected chi connectivity index (χ3v) is 6.28. The summed E-state index contributed by atoms with van der Waals surface area (Å²) in [5, 5.41) is 2.59. The zero-order chi connectivity index (χ0) is 22.7. The van der Waals surface area contributed by atoms with Gasteiger partial charge in [-0.1, -0.05) is 41.1 Å². The summed E-state index contributed by atoms with van der Waals surface area (Å²) in [7, 11) is 7.70. The standard InChI is InChI=1S/C24H25ClN5OSi/c1-28(2)9-5-8-23(31)29-10-12-30(13-11-29)24-19-14-18(17-6-3-4-7-20(17)25)22(32)15-21(19)26-16-27-24/h3-8,14-16H,9-13H2,1-2H3/b8-5+. The molecule has 6 nitrogen and oxygen atoms in total. The largest absolute Gasteiger partial charge is 0.352 e. The lowest BCUT2D eigenvalue weighted by Gasteiger charge is -2.35. The smallest absolute Gasteiger partial charge is 0.246 e. The molecule has 4 rings (SSSR count). The molecule has 2 aromatic carbocycles. The molecule has 0 unspecified atom stereocenters. The Bertz CT molecular complexity index is 1160. The van der Waals surface area contributed by atoms with E-state index in [0.717, 1.165) is 52.7 Å². The lowest BCUT2D eigenvalue weighted by Crippen LogP contribution is -2.48. The van der Waals surface area contributed by atoms with Crippen molar-refractivity contribution in [2.45, 2.75) is 0 Å². The van der Waals surface area contributed by atoms with Gasteiger partial charge in [0.25, 0.3) is 0 Å². The molecule has 163 valence electrons. The van der Waals surface area contributed by atoms with Crippen molar-refractivity contribution >= 4 is 49.7 Å². The lowest BCUT2D eigenvalue weighted by atomic mass is 10.0. The quantitative estimate of drug-likeness (QED) is 0.431. The first-order chi connectivity index (χ1) is 15.4. The Morgan fingerprint density at radius 2 is 1.88 bits per heavy atom. The molecule has 1 aromatic heterocycles. The summed E-state index contributed by atoms with van der Waals surface area (Å²) in [6.45, 7) is 3.50. The molecule has 0 aliphatic carbocycles. The number of amides is 1. The van der Waals surface area contributed by atoms with E-state index in [2.05, 4.69) is 31.2 Å². The molecular weight excluding hydrogens is 438 g/mol. The maximum Gasteiger partial charge on any atom is 0.246 e. The van der Waals surface area contributed by atoms with Gasteiger partial charge in [-0.15, -0.1) is 0 Å². The first-order valence-electron chi connectivity index (χ1n) is 10.5. The van der Waals surface area contributed by atoms with E-state index in [9.17, 15) is 4.79 Å². The third kappa shape index (κ3) is 4.85. The number of aromatic nitrogens is 2. The number of anilines is 1. The van der Waals surface area contributed by atoms with Gasteiger partial charge < -0.3 is 14.7 Å². The first-order valence-corrected chi connectivity index (χ1v) is 11.4. The number of fused-ring (bicyclic) bond motifs is 1. The predicted octanol–water partition coefficient (Wildman–Crippen LogP) is 2.51. The van der Waals surface area contributed by atoms with Crippen LogP contribution in [0.25, 0.3) is 22.0 Å². The highest BCUT2D eigenvalue weighted by Gasteiger charge is 2.22. The van der Waals surface area contributed by atoms with Gasteiger partial charge in [-0.25, -0.2) is 9.97 Å². The minimum Gasteiger partial charge on any atom is -0.352 e. The van der Waals surface area contributed by atoms with E-state index in [1.807, 2.05) is 60.3 Å². The van der Waals surface area contributed by atoms with Crippen molar-refractivity contribution in [1.82, 2.24) is 19.8 Å². The van der Waals surface area contributed by atoms with Gasteiger partial charge in [-0.05, 0) is 37.9 Å². The summed E-state index contributed by atoms with van der Waals surface area (Å²) >= 11 is 6.46. The van der Waals surface area contributed by atoms with Crippen LogP contribution in [0.15, 0.2) is 54.9 Å². The van der Waals surface area contributed by atoms with Crippen LogP contribution in [0.5, 0.6) is 0 Å². The molecule has 1 saturated heterocycles. The van der Waals surface area contributed by atoms with Crippen LogP contribution in [-0.2, 0) is 4.79 Å². The molecule has 0 bridgehead atoms. The maximum atomic E-state index is 12.5. The Morgan fingerprint density at radius 3 is 2.59 bits per heavy atom. The summed E-state index contributed by atoms with van der Waals surface area (Å²) in [4.78, 5) is 27.7. The zero-order valence-corrected chi connectivity index (χ0v) is 20.0. The summed E-state index contributed by atoms with van der Waals surface area (Å²) in [5.74, 6) is 0.939. The Hall–Kier alpha value is -2.74. The molecule has 32 heavy (non-hydrogen) atoms.